The van der Waals surface area contributed by atoms with Gasteiger partial charge in [0.05, 0.1) is 22.6 Å². The Morgan fingerprint density at radius 2 is 1.92 bits per heavy atom. The number of halogens is 2. The number of carbonyl (C=O) groups excluding carboxylic acids is 1. The van der Waals surface area contributed by atoms with Crippen LogP contribution in [0.15, 0.2) is 0 Å². The predicted octanol–water partition coefficient (Wildman–Crippen LogP) is 1.53. The maximum atomic E-state index is 10.5. The summed E-state index contributed by atoms with van der Waals surface area (Å²) in [4.78, 5) is 12.8. The number of hydrogen-bond donors (Lipinski definition) is 0. The van der Waals surface area contributed by atoms with Crippen LogP contribution in [0.25, 0.3) is 0 Å². The molecule has 0 amide bonds. The molecule has 1 aliphatic heterocycles. The second kappa shape index (κ2) is 6.36. The van der Waals surface area contributed by atoms with Crippen LogP contribution in [0.2, 0.25) is 0 Å². The van der Waals surface area contributed by atoms with Crippen LogP contribution < -0.4 is 0 Å². The number of nitrogens with zero attached hydrogens (tertiary/aromatic N) is 2. The van der Waals surface area contributed by atoms with Crippen LogP contribution in [0.1, 0.15) is 0 Å². The Morgan fingerprint density at radius 3 is 2.46 bits per heavy atom. The molecule has 0 atom stereocenters. The van der Waals surface area contributed by atoms with Crippen LogP contribution in [0, 0.1) is 0 Å². The molecule has 0 bridgehead atoms. The lowest BCUT2D eigenvalue weighted by Crippen LogP contribution is -2.43. The Labute approximate surface area is 106 Å². The maximum absolute atomic E-state index is 10.5. The van der Waals surface area contributed by atoms with E-state index in [2.05, 4.69) is 30.9 Å². The Balaban J connectivity index is 2.05. The van der Waals surface area contributed by atoms with E-state index in [0.29, 0.717) is 6.61 Å². The monoisotopic (exact) mass is 410 g/mol. The van der Waals surface area contributed by atoms with Crippen molar-refractivity contribution in [1.82, 2.24) is 8.01 Å². The van der Waals surface area contributed by atoms with E-state index >= 15 is 0 Å². The van der Waals surface area contributed by atoms with Crippen molar-refractivity contribution < 1.29 is 9.53 Å². The van der Waals surface area contributed by atoms with Gasteiger partial charge in [-0.25, -0.2) is 7.91 Å². The number of hydrogen-bond acceptors (Lipinski definition) is 4. The summed E-state index contributed by atoms with van der Waals surface area (Å²) in [5, 5.41) is 0. The van der Waals surface area contributed by atoms with Gasteiger partial charge in [-0.2, -0.15) is 0 Å². The van der Waals surface area contributed by atoms with Crippen molar-refractivity contribution in [3.8, 4) is 0 Å². The molecule has 0 unspecified atom stereocenters. The summed E-state index contributed by atoms with van der Waals surface area (Å²) < 4.78 is 6.92. The lowest BCUT2D eigenvalue weighted by molar-refractivity contribution is 0.138. The van der Waals surface area contributed by atoms with Crippen molar-refractivity contribution in [3.05, 3.63) is 0 Å². The highest BCUT2D eigenvalue weighted by Crippen LogP contribution is 2.05. The van der Waals surface area contributed by atoms with E-state index in [4.69, 9.17) is 4.74 Å². The van der Waals surface area contributed by atoms with E-state index in [9.17, 15) is 4.79 Å². The first-order chi connectivity index (χ1) is 6.18. The molecule has 1 aliphatic rings. The molecule has 0 N–H and O–H groups in total. The van der Waals surface area contributed by atoms with Crippen molar-refractivity contribution >= 4 is 49.4 Å². The summed E-state index contributed by atoms with van der Waals surface area (Å²) in [7, 11) is 0. The van der Waals surface area contributed by atoms with Crippen molar-refractivity contribution in [3.63, 3.8) is 0 Å². The van der Waals surface area contributed by atoms with Gasteiger partial charge in [0.2, 0.25) is 0 Å². The fourth-order valence-electron chi connectivity index (χ4n) is 1.20. The third-order valence-electron chi connectivity index (χ3n) is 1.94. The Bertz CT molecular complexity index is 172. The predicted molar refractivity (Wildman–Crippen MR) is 67.4 cm³/mol. The van der Waals surface area contributed by atoms with Gasteiger partial charge in [0, 0.05) is 55.6 Å². The second-order valence-electron chi connectivity index (χ2n) is 2.84. The summed E-state index contributed by atoms with van der Waals surface area (Å²) in [5.74, 6) is 0. The maximum Gasteiger partial charge on any atom is 0.367 e. The Morgan fingerprint density at radius 1 is 1.31 bits per heavy atom. The van der Waals surface area contributed by atoms with E-state index in [-0.39, 0.29) is 3.98 Å². The standard InChI is InChI=1S/C7H12I2N2O2/c8-7(12)13-6-5-10-1-3-11(9)4-2-10/h1-6H2. The molecule has 13 heavy (non-hydrogen) atoms. The fourth-order valence-corrected chi connectivity index (χ4v) is 1.85. The molecule has 0 aromatic carbocycles. The van der Waals surface area contributed by atoms with Gasteiger partial charge in [0.15, 0.2) is 0 Å². The quantitative estimate of drug-likeness (QED) is 0.402. The molecule has 0 aromatic heterocycles. The summed E-state index contributed by atoms with van der Waals surface area (Å²) in [5.41, 5.74) is 0. The molecule has 1 heterocycles. The van der Waals surface area contributed by atoms with Crippen LogP contribution in [-0.4, -0.2) is 51.3 Å². The van der Waals surface area contributed by atoms with Crippen molar-refractivity contribution in [1.29, 1.82) is 0 Å². The number of piperazine rings is 1. The van der Waals surface area contributed by atoms with E-state index in [0.717, 1.165) is 32.7 Å². The molecular weight excluding hydrogens is 398 g/mol. The fraction of sp³-hybridized carbons (Fsp3) is 0.857. The molecule has 0 spiro atoms. The van der Waals surface area contributed by atoms with Gasteiger partial charge in [-0.3, -0.25) is 4.90 Å². The molecule has 6 heteroatoms. The third kappa shape index (κ3) is 5.33. The van der Waals surface area contributed by atoms with Crippen LogP contribution in [-0.2, 0) is 4.74 Å². The highest BCUT2D eigenvalue weighted by Gasteiger charge is 2.14. The summed E-state index contributed by atoms with van der Waals surface area (Å²) in [6.45, 7) is 5.71. The minimum Gasteiger partial charge on any atom is -0.457 e. The molecule has 0 radical (unpaired) electrons. The zero-order valence-electron chi connectivity index (χ0n) is 7.21. The van der Waals surface area contributed by atoms with E-state index in [1.807, 2.05) is 0 Å². The van der Waals surface area contributed by atoms with Crippen LogP contribution in [0.4, 0.5) is 4.79 Å². The molecule has 0 aliphatic carbocycles. The molecule has 1 fully saturated rings. The van der Waals surface area contributed by atoms with Crippen LogP contribution >= 0.6 is 45.5 Å². The number of carbonyl (C=O) groups is 1. The molecule has 4 nitrogen and oxygen atoms in total. The van der Waals surface area contributed by atoms with E-state index < -0.39 is 0 Å². The van der Waals surface area contributed by atoms with Gasteiger partial charge in [-0.05, 0) is 0 Å². The first kappa shape index (κ1) is 11.9. The molecule has 1 rings (SSSR count). The van der Waals surface area contributed by atoms with Crippen molar-refractivity contribution in [2.75, 3.05) is 39.3 Å². The molecule has 0 saturated carbocycles. The minimum absolute atomic E-state index is 0.217. The topological polar surface area (TPSA) is 32.8 Å². The van der Waals surface area contributed by atoms with Crippen LogP contribution in [0.3, 0.4) is 0 Å². The average Bonchev–Trinajstić information content (AvgIpc) is 2.08. The van der Waals surface area contributed by atoms with Gasteiger partial charge < -0.3 is 4.74 Å². The first-order valence-corrected chi connectivity index (χ1v) is 6.18. The SMILES string of the molecule is O=C(I)OCCN1CCN(I)CC1. The lowest BCUT2D eigenvalue weighted by atomic mass is 10.4. The highest BCUT2D eigenvalue weighted by molar-refractivity contribution is 14.1. The highest BCUT2D eigenvalue weighted by atomic mass is 127. The van der Waals surface area contributed by atoms with Gasteiger partial charge in [-0.1, -0.05) is 0 Å². The molecule has 76 valence electrons. The number of ether oxygens (including phenoxy) is 1. The largest absolute Gasteiger partial charge is 0.457 e. The number of rotatable bonds is 3. The van der Waals surface area contributed by atoms with E-state index in [1.54, 1.807) is 22.6 Å². The smallest absolute Gasteiger partial charge is 0.367 e. The van der Waals surface area contributed by atoms with E-state index in [1.165, 1.54) is 0 Å². The lowest BCUT2D eigenvalue weighted by Gasteiger charge is -2.30. The summed E-state index contributed by atoms with van der Waals surface area (Å²) in [6, 6.07) is 0. The average molecular weight is 410 g/mol. The van der Waals surface area contributed by atoms with Crippen LogP contribution in [0.5, 0.6) is 0 Å². The second-order valence-corrected chi connectivity index (χ2v) is 5.08. The third-order valence-corrected chi connectivity index (χ3v) is 3.22. The molecule has 0 aromatic rings. The van der Waals surface area contributed by atoms with Crippen molar-refractivity contribution in [2.24, 2.45) is 0 Å². The Hall–Kier alpha value is 0.850. The Kier molecular flexibility index (Phi) is 5.83. The zero-order chi connectivity index (χ0) is 9.68. The van der Waals surface area contributed by atoms with Gasteiger partial charge in [0.25, 0.3) is 0 Å². The molecule has 1 saturated heterocycles. The van der Waals surface area contributed by atoms with Gasteiger partial charge >= 0.3 is 3.98 Å². The van der Waals surface area contributed by atoms with Gasteiger partial charge in [0.1, 0.15) is 6.61 Å². The summed E-state index contributed by atoms with van der Waals surface area (Å²) in [6.07, 6.45) is 0. The minimum atomic E-state index is -0.217. The first-order valence-electron chi connectivity index (χ1n) is 4.14. The molecular formula is C7H12I2N2O2. The normalized spacial score (nSPS) is 20.2. The summed E-state index contributed by atoms with van der Waals surface area (Å²) >= 11 is 3.99. The van der Waals surface area contributed by atoms with Crippen molar-refractivity contribution in [2.45, 2.75) is 0 Å². The van der Waals surface area contributed by atoms with Gasteiger partial charge in [-0.15, -0.1) is 0 Å². The zero-order valence-corrected chi connectivity index (χ0v) is 11.5.